The lowest BCUT2D eigenvalue weighted by atomic mass is 10.0. The summed E-state index contributed by atoms with van der Waals surface area (Å²) in [5.74, 6) is 0. The maximum absolute atomic E-state index is 5.52. The molecule has 0 fully saturated rings. The third-order valence-corrected chi connectivity index (χ3v) is 2.78. The number of methoxy groups -OCH3 is 1. The molecule has 1 nitrogen and oxygen atoms in total. The van der Waals surface area contributed by atoms with Crippen LogP contribution in [0.4, 0.5) is 0 Å². The molecule has 0 amide bonds. The normalized spacial score (nSPS) is 12.7. The van der Waals surface area contributed by atoms with Crippen LogP contribution in [0, 0.1) is 0 Å². The summed E-state index contributed by atoms with van der Waals surface area (Å²) < 4.78 is 5.52. The van der Waals surface area contributed by atoms with Crippen molar-refractivity contribution >= 4 is 0 Å². The molecular weight excluding hydrogens is 184 g/mol. The van der Waals surface area contributed by atoms with Crippen molar-refractivity contribution in [1.29, 1.82) is 0 Å². The van der Waals surface area contributed by atoms with Crippen molar-refractivity contribution in [3.63, 3.8) is 0 Å². The highest BCUT2D eigenvalue weighted by Crippen LogP contribution is 2.22. The molecule has 1 aromatic carbocycles. The quantitative estimate of drug-likeness (QED) is 0.603. The molecule has 0 bridgehead atoms. The first-order chi connectivity index (χ1) is 7.38. The minimum atomic E-state index is 0.281. The number of benzene rings is 1. The van der Waals surface area contributed by atoms with Gasteiger partial charge in [-0.1, -0.05) is 62.9 Å². The van der Waals surface area contributed by atoms with Crippen molar-refractivity contribution in [1.82, 2.24) is 0 Å². The first kappa shape index (κ1) is 12.3. The van der Waals surface area contributed by atoms with Crippen LogP contribution in [-0.4, -0.2) is 7.11 Å². The van der Waals surface area contributed by atoms with E-state index in [2.05, 4.69) is 31.2 Å². The van der Waals surface area contributed by atoms with E-state index >= 15 is 0 Å². The Kier molecular flexibility index (Phi) is 6.10. The van der Waals surface area contributed by atoms with Gasteiger partial charge in [-0.25, -0.2) is 0 Å². The molecule has 1 rings (SSSR count). The van der Waals surface area contributed by atoms with E-state index < -0.39 is 0 Å². The lowest BCUT2D eigenvalue weighted by Gasteiger charge is -2.15. The van der Waals surface area contributed by atoms with Crippen molar-refractivity contribution in [2.24, 2.45) is 0 Å². The largest absolute Gasteiger partial charge is 0.377 e. The predicted molar refractivity (Wildman–Crippen MR) is 65.0 cm³/mol. The van der Waals surface area contributed by atoms with Crippen LogP contribution >= 0.6 is 0 Å². The average Bonchev–Trinajstić information content (AvgIpc) is 2.30. The van der Waals surface area contributed by atoms with Gasteiger partial charge >= 0.3 is 0 Å². The lowest BCUT2D eigenvalue weighted by molar-refractivity contribution is 0.0931. The van der Waals surface area contributed by atoms with E-state index in [1.54, 1.807) is 7.11 Å². The van der Waals surface area contributed by atoms with Gasteiger partial charge < -0.3 is 4.74 Å². The fourth-order valence-electron chi connectivity index (χ4n) is 1.84. The van der Waals surface area contributed by atoms with E-state index in [9.17, 15) is 0 Å². The van der Waals surface area contributed by atoms with Crippen LogP contribution in [0.5, 0.6) is 0 Å². The Morgan fingerprint density at radius 1 is 1.07 bits per heavy atom. The van der Waals surface area contributed by atoms with Crippen molar-refractivity contribution in [3.05, 3.63) is 35.9 Å². The minimum Gasteiger partial charge on any atom is -0.377 e. The zero-order chi connectivity index (χ0) is 10.9. The summed E-state index contributed by atoms with van der Waals surface area (Å²) in [6.07, 6.45) is 6.64. The second-order valence-corrected chi connectivity index (χ2v) is 3.98. The second kappa shape index (κ2) is 7.47. The lowest BCUT2D eigenvalue weighted by Crippen LogP contribution is -2.01. The molecule has 1 atom stereocenters. The molecule has 1 unspecified atom stereocenters. The van der Waals surface area contributed by atoms with E-state index in [0.717, 1.165) is 6.42 Å². The van der Waals surface area contributed by atoms with E-state index in [1.165, 1.54) is 31.2 Å². The molecule has 0 N–H and O–H groups in total. The van der Waals surface area contributed by atoms with Gasteiger partial charge in [0.05, 0.1) is 6.10 Å². The first-order valence-corrected chi connectivity index (χ1v) is 5.96. The number of hydrogen-bond acceptors (Lipinski definition) is 1. The molecule has 1 aromatic rings. The highest BCUT2D eigenvalue weighted by atomic mass is 16.5. The third kappa shape index (κ3) is 4.48. The Hall–Kier alpha value is -0.820. The molecule has 0 aliphatic carbocycles. The van der Waals surface area contributed by atoms with Crippen LogP contribution in [0.3, 0.4) is 0 Å². The molecule has 0 saturated carbocycles. The van der Waals surface area contributed by atoms with Gasteiger partial charge in [0.25, 0.3) is 0 Å². The topological polar surface area (TPSA) is 9.23 Å². The van der Waals surface area contributed by atoms with Gasteiger partial charge in [0.15, 0.2) is 0 Å². The van der Waals surface area contributed by atoms with Gasteiger partial charge in [-0.15, -0.1) is 0 Å². The fourth-order valence-corrected chi connectivity index (χ4v) is 1.84. The average molecular weight is 206 g/mol. The van der Waals surface area contributed by atoms with Crippen LogP contribution in [0.1, 0.15) is 50.7 Å². The van der Waals surface area contributed by atoms with E-state index in [-0.39, 0.29) is 6.10 Å². The minimum absolute atomic E-state index is 0.281. The molecule has 0 aromatic heterocycles. The molecule has 0 saturated heterocycles. The second-order valence-electron chi connectivity index (χ2n) is 3.98. The molecule has 0 aliphatic heterocycles. The summed E-state index contributed by atoms with van der Waals surface area (Å²) in [6, 6.07) is 10.5. The number of unbranched alkanes of at least 4 members (excludes halogenated alkanes) is 3. The fraction of sp³-hybridized carbons (Fsp3) is 0.571. The Morgan fingerprint density at radius 3 is 2.40 bits per heavy atom. The van der Waals surface area contributed by atoms with E-state index in [4.69, 9.17) is 4.74 Å². The van der Waals surface area contributed by atoms with Crippen LogP contribution in [0.25, 0.3) is 0 Å². The summed E-state index contributed by atoms with van der Waals surface area (Å²) in [4.78, 5) is 0. The van der Waals surface area contributed by atoms with E-state index in [1.807, 2.05) is 6.07 Å². The Labute approximate surface area is 93.5 Å². The SMILES string of the molecule is CCCCCCC(OC)c1ccccc1. The van der Waals surface area contributed by atoms with Crippen molar-refractivity contribution < 1.29 is 4.74 Å². The van der Waals surface area contributed by atoms with Gasteiger partial charge in [-0.3, -0.25) is 0 Å². The van der Waals surface area contributed by atoms with Crippen molar-refractivity contribution in [3.8, 4) is 0 Å². The maximum Gasteiger partial charge on any atom is 0.0821 e. The summed E-state index contributed by atoms with van der Waals surface area (Å²) in [6.45, 7) is 2.24. The Morgan fingerprint density at radius 2 is 1.80 bits per heavy atom. The summed E-state index contributed by atoms with van der Waals surface area (Å²) in [7, 11) is 1.80. The van der Waals surface area contributed by atoms with Gasteiger partial charge in [0.1, 0.15) is 0 Å². The first-order valence-electron chi connectivity index (χ1n) is 5.96. The van der Waals surface area contributed by atoms with Crippen LogP contribution in [-0.2, 0) is 4.74 Å². The highest BCUT2D eigenvalue weighted by molar-refractivity contribution is 5.17. The van der Waals surface area contributed by atoms with Crippen LogP contribution in [0.15, 0.2) is 30.3 Å². The predicted octanol–water partition coefficient (Wildman–Crippen LogP) is 4.34. The van der Waals surface area contributed by atoms with Crippen LogP contribution < -0.4 is 0 Å². The molecule has 1 heteroatoms. The summed E-state index contributed by atoms with van der Waals surface area (Å²) >= 11 is 0. The molecular formula is C14H22O. The van der Waals surface area contributed by atoms with Crippen LogP contribution in [0.2, 0.25) is 0 Å². The molecule has 0 heterocycles. The molecule has 15 heavy (non-hydrogen) atoms. The third-order valence-electron chi connectivity index (χ3n) is 2.78. The van der Waals surface area contributed by atoms with E-state index in [0.29, 0.717) is 0 Å². The molecule has 84 valence electrons. The summed E-state index contributed by atoms with van der Waals surface area (Å²) in [5.41, 5.74) is 1.30. The maximum atomic E-state index is 5.52. The van der Waals surface area contributed by atoms with Gasteiger partial charge in [0, 0.05) is 7.11 Å². The zero-order valence-corrected chi connectivity index (χ0v) is 9.91. The molecule has 0 radical (unpaired) electrons. The van der Waals surface area contributed by atoms with Gasteiger partial charge in [0.2, 0.25) is 0 Å². The molecule has 0 spiro atoms. The smallest absolute Gasteiger partial charge is 0.0821 e. The van der Waals surface area contributed by atoms with Crippen molar-refractivity contribution in [2.75, 3.05) is 7.11 Å². The van der Waals surface area contributed by atoms with Crippen molar-refractivity contribution in [2.45, 2.75) is 45.1 Å². The Balaban J connectivity index is 2.36. The standard InChI is InChI=1S/C14H22O/c1-3-4-5-9-12-14(15-2)13-10-7-6-8-11-13/h6-8,10-11,14H,3-5,9,12H2,1-2H3. The molecule has 0 aliphatic rings. The number of rotatable bonds is 7. The number of hydrogen-bond donors (Lipinski definition) is 0. The Bertz CT molecular complexity index is 243. The monoisotopic (exact) mass is 206 g/mol. The summed E-state index contributed by atoms with van der Waals surface area (Å²) in [5, 5.41) is 0. The number of ether oxygens (including phenoxy) is 1. The van der Waals surface area contributed by atoms with Gasteiger partial charge in [-0.05, 0) is 12.0 Å². The van der Waals surface area contributed by atoms with Gasteiger partial charge in [-0.2, -0.15) is 0 Å². The highest BCUT2D eigenvalue weighted by Gasteiger charge is 2.08. The zero-order valence-electron chi connectivity index (χ0n) is 9.91.